The number of rotatable bonds is 5. The van der Waals surface area contributed by atoms with Gasteiger partial charge in [0.05, 0.1) is 17.8 Å². The maximum atomic E-state index is 12.7. The van der Waals surface area contributed by atoms with E-state index in [1.807, 2.05) is 0 Å². The van der Waals surface area contributed by atoms with Crippen molar-refractivity contribution < 1.29 is 18.7 Å². The number of fused-ring (bicyclic) bond motifs is 1. The summed E-state index contributed by atoms with van der Waals surface area (Å²) in [7, 11) is 3.26. The first-order chi connectivity index (χ1) is 14.9. The number of carbonyl (C=O) groups excluding carboxylic acids is 2. The lowest BCUT2D eigenvalue weighted by atomic mass is 10.1. The molecule has 2 amide bonds. The van der Waals surface area contributed by atoms with Crippen LogP contribution in [-0.2, 0) is 0 Å². The summed E-state index contributed by atoms with van der Waals surface area (Å²) in [5.41, 5.74) is 0.954. The van der Waals surface area contributed by atoms with Crippen LogP contribution in [0.5, 0.6) is 11.6 Å². The normalized spacial score (nSPS) is 10.7. The number of ether oxygens (including phenoxy) is 1. The van der Waals surface area contributed by atoms with Crippen LogP contribution in [-0.4, -0.2) is 50.7 Å². The zero-order valence-corrected chi connectivity index (χ0v) is 17.0. The van der Waals surface area contributed by atoms with Gasteiger partial charge < -0.3 is 14.1 Å². The van der Waals surface area contributed by atoms with Crippen molar-refractivity contribution in [2.75, 3.05) is 19.4 Å². The van der Waals surface area contributed by atoms with Crippen LogP contribution in [0.4, 0.5) is 5.95 Å². The van der Waals surface area contributed by atoms with E-state index < -0.39 is 5.91 Å². The quantitative estimate of drug-likeness (QED) is 0.524. The number of furan rings is 1. The molecule has 4 rings (SSSR count). The first-order valence-electron chi connectivity index (χ1n) is 9.25. The minimum absolute atomic E-state index is 0.166. The van der Waals surface area contributed by atoms with Gasteiger partial charge in [0.15, 0.2) is 0 Å². The van der Waals surface area contributed by atoms with Crippen molar-refractivity contribution >= 4 is 28.7 Å². The number of hydrogen-bond donors (Lipinski definition) is 1. The summed E-state index contributed by atoms with van der Waals surface area (Å²) in [6.45, 7) is 1.79. The first-order valence-corrected chi connectivity index (χ1v) is 9.25. The summed E-state index contributed by atoms with van der Waals surface area (Å²) in [6.07, 6.45) is 5.73. The highest BCUT2D eigenvalue weighted by Gasteiger charge is 2.17. The third kappa shape index (κ3) is 4.32. The van der Waals surface area contributed by atoms with E-state index in [4.69, 9.17) is 9.15 Å². The number of nitrogens with zero attached hydrogens (tertiary/aromatic N) is 5. The van der Waals surface area contributed by atoms with Crippen LogP contribution < -0.4 is 10.1 Å². The highest BCUT2D eigenvalue weighted by molar-refractivity contribution is 6.06. The van der Waals surface area contributed by atoms with E-state index in [0.29, 0.717) is 22.5 Å². The average molecular weight is 418 g/mol. The number of aryl methyl sites for hydroxylation is 1. The molecule has 1 aromatic carbocycles. The van der Waals surface area contributed by atoms with E-state index >= 15 is 0 Å². The summed E-state index contributed by atoms with van der Waals surface area (Å²) < 4.78 is 11.6. The third-order valence-corrected chi connectivity index (χ3v) is 4.24. The van der Waals surface area contributed by atoms with Crippen LogP contribution in [0.1, 0.15) is 26.6 Å². The fourth-order valence-electron chi connectivity index (χ4n) is 2.81. The van der Waals surface area contributed by atoms with Gasteiger partial charge in [-0.1, -0.05) is 0 Å². The molecule has 0 saturated carbocycles. The van der Waals surface area contributed by atoms with Crippen LogP contribution in [0.15, 0.2) is 53.5 Å². The van der Waals surface area contributed by atoms with Gasteiger partial charge in [0.1, 0.15) is 22.8 Å². The molecule has 1 N–H and O–H groups in total. The van der Waals surface area contributed by atoms with E-state index in [1.165, 1.54) is 29.7 Å². The predicted octanol–water partition coefficient (Wildman–Crippen LogP) is 3.07. The Morgan fingerprint density at radius 3 is 2.48 bits per heavy atom. The lowest BCUT2D eigenvalue weighted by Crippen LogP contribution is -2.22. The maximum Gasteiger partial charge on any atom is 0.273 e. The lowest BCUT2D eigenvalue weighted by molar-refractivity contribution is 0.0821. The van der Waals surface area contributed by atoms with E-state index in [9.17, 15) is 9.59 Å². The number of nitrogens with one attached hydrogen (secondary N) is 1. The molecule has 3 aromatic heterocycles. The van der Waals surface area contributed by atoms with Crippen molar-refractivity contribution in [3.63, 3.8) is 0 Å². The van der Waals surface area contributed by atoms with Crippen molar-refractivity contribution in [1.29, 1.82) is 0 Å². The van der Waals surface area contributed by atoms with Crippen molar-refractivity contribution in [1.82, 2.24) is 24.8 Å². The summed E-state index contributed by atoms with van der Waals surface area (Å²) in [4.78, 5) is 42.3. The van der Waals surface area contributed by atoms with Gasteiger partial charge in [-0.2, -0.15) is 0 Å². The summed E-state index contributed by atoms with van der Waals surface area (Å²) in [5.74, 6) is 0.659. The second-order valence-electron chi connectivity index (χ2n) is 6.81. The van der Waals surface area contributed by atoms with Crippen LogP contribution in [0.2, 0.25) is 0 Å². The van der Waals surface area contributed by atoms with Gasteiger partial charge in [-0.25, -0.2) is 19.9 Å². The lowest BCUT2D eigenvalue weighted by Gasteiger charge is -2.10. The highest BCUT2D eigenvalue weighted by atomic mass is 16.5. The van der Waals surface area contributed by atoms with Crippen molar-refractivity contribution in [2.45, 2.75) is 6.92 Å². The van der Waals surface area contributed by atoms with Gasteiger partial charge in [0.2, 0.25) is 11.8 Å². The first kappa shape index (κ1) is 20.0. The fraction of sp³-hybridized carbons (Fsp3) is 0.143. The van der Waals surface area contributed by atoms with E-state index in [0.717, 1.165) is 0 Å². The molecule has 0 radical (unpaired) electrons. The number of aromatic nitrogens is 4. The molecule has 10 nitrogen and oxygen atoms in total. The molecule has 0 spiro atoms. The topological polar surface area (TPSA) is 123 Å². The van der Waals surface area contributed by atoms with E-state index in [2.05, 4.69) is 25.3 Å². The molecule has 10 heteroatoms. The van der Waals surface area contributed by atoms with E-state index in [1.54, 1.807) is 45.3 Å². The van der Waals surface area contributed by atoms with Gasteiger partial charge in [0, 0.05) is 32.1 Å². The molecule has 0 saturated heterocycles. The fourth-order valence-corrected chi connectivity index (χ4v) is 2.81. The van der Waals surface area contributed by atoms with Gasteiger partial charge in [0.25, 0.3) is 11.8 Å². The zero-order valence-electron chi connectivity index (χ0n) is 17.0. The molecule has 0 aliphatic rings. The van der Waals surface area contributed by atoms with Gasteiger partial charge >= 0.3 is 0 Å². The Hall–Kier alpha value is -4.34. The molecule has 0 fully saturated rings. The summed E-state index contributed by atoms with van der Waals surface area (Å²) in [6, 6.07) is 6.62. The minimum Gasteiger partial charge on any atom is -0.461 e. The Labute approximate surface area is 176 Å². The Morgan fingerprint density at radius 1 is 1.03 bits per heavy atom. The van der Waals surface area contributed by atoms with Crippen LogP contribution in [0.3, 0.4) is 0 Å². The van der Waals surface area contributed by atoms with Crippen molar-refractivity contribution in [3.8, 4) is 11.6 Å². The van der Waals surface area contributed by atoms with E-state index in [-0.39, 0.29) is 29.0 Å². The Kier molecular flexibility index (Phi) is 5.27. The Balaban J connectivity index is 1.65. The third-order valence-electron chi connectivity index (χ3n) is 4.24. The number of carbonyl (C=O) groups is 2. The second kappa shape index (κ2) is 8.19. The molecule has 156 valence electrons. The minimum atomic E-state index is -0.426. The molecule has 0 atom stereocenters. The molecule has 0 aliphatic heterocycles. The smallest absolute Gasteiger partial charge is 0.273 e. The highest BCUT2D eigenvalue weighted by Crippen LogP contribution is 2.33. The van der Waals surface area contributed by atoms with Crippen molar-refractivity contribution in [2.24, 2.45) is 0 Å². The number of benzene rings is 1. The van der Waals surface area contributed by atoms with Gasteiger partial charge in [-0.3, -0.25) is 14.9 Å². The summed E-state index contributed by atoms with van der Waals surface area (Å²) in [5, 5.41) is 3.29. The predicted molar refractivity (Wildman–Crippen MR) is 111 cm³/mol. The maximum absolute atomic E-state index is 12.7. The molecule has 0 bridgehead atoms. The Morgan fingerprint density at radius 2 is 1.81 bits per heavy atom. The SMILES string of the molecule is Cc1cc2c(Oc3cnc(C(=O)N(C)C)cn3)cc(C(=O)Nc3ncccn3)cc2o1. The zero-order chi connectivity index (χ0) is 22.0. The van der Waals surface area contributed by atoms with Crippen molar-refractivity contribution in [3.05, 3.63) is 66.1 Å². The average Bonchev–Trinajstić information content (AvgIpc) is 3.15. The molecular formula is C21H18N6O4. The van der Waals surface area contributed by atoms with Crippen LogP contribution in [0, 0.1) is 6.92 Å². The molecule has 4 aromatic rings. The van der Waals surface area contributed by atoms with Gasteiger partial charge in [-0.05, 0) is 31.2 Å². The molecule has 0 unspecified atom stereocenters. The monoisotopic (exact) mass is 418 g/mol. The molecular weight excluding hydrogens is 400 g/mol. The number of anilines is 1. The standard InChI is InChI=1S/C21H18N6O4/c1-12-7-14-16(30-12)8-13(19(28)26-21-22-5-4-6-23-21)9-17(14)31-18-11-24-15(10-25-18)20(29)27(2)3/h4-11H,1-3H3,(H,22,23,26,28). The van der Waals surface area contributed by atoms with Crippen LogP contribution >= 0.6 is 0 Å². The second-order valence-corrected chi connectivity index (χ2v) is 6.81. The van der Waals surface area contributed by atoms with Crippen LogP contribution in [0.25, 0.3) is 11.0 Å². The number of amides is 2. The van der Waals surface area contributed by atoms with Gasteiger partial charge in [-0.15, -0.1) is 0 Å². The molecule has 3 heterocycles. The number of hydrogen-bond acceptors (Lipinski definition) is 8. The Bertz CT molecular complexity index is 1250. The summed E-state index contributed by atoms with van der Waals surface area (Å²) >= 11 is 0. The molecule has 31 heavy (non-hydrogen) atoms. The largest absolute Gasteiger partial charge is 0.461 e. The molecule has 0 aliphatic carbocycles.